The lowest BCUT2D eigenvalue weighted by Crippen LogP contribution is -2.01. The number of ether oxygens (including phenoxy) is 2. The summed E-state index contributed by atoms with van der Waals surface area (Å²) in [5.41, 5.74) is 3.71. The summed E-state index contributed by atoms with van der Waals surface area (Å²) in [4.78, 5) is 0. The topological polar surface area (TPSA) is 18.5 Å². The molecule has 33 heavy (non-hydrogen) atoms. The maximum absolute atomic E-state index is 6.09. The Kier molecular flexibility index (Phi) is 14.7. The first-order valence-corrected chi connectivity index (χ1v) is 13.7. The van der Waals surface area contributed by atoms with E-state index in [1.54, 1.807) is 0 Å². The third-order valence-corrected chi connectivity index (χ3v) is 6.45. The summed E-state index contributed by atoms with van der Waals surface area (Å²) in [6.07, 6.45) is 17.2. The predicted molar refractivity (Wildman–Crippen MR) is 143 cm³/mol. The van der Waals surface area contributed by atoms with Gasteiger partial charge in [0.25, 0.3) is 0 Å². The molecule has 0 fully saturated rings. The Morgan fingerprint density at radius 2 is 1.00 bits per heavy atom. The SMILES string of the molecule is CCCCCCCCCCCOC(C)c1ccc(-c2ccc(OCCCCCC)cc2)cc1. The smallest absolute Gasteiger partial charge is 0.119 e. The number of hydrogen-bond acceptors (Lipinski definition) is 2. The van der Waals surface area contributed by atoms with Crippen molar-refractivity contribution in [1.29, 1.82) is 0 Å². The number of benzene rings is 2. The van der Waals surface area contributed by atoms with E-state index in [4.69, 9.17) is 9.47 Å². The Morgan fingerprint density at radius 3 is 1.58 bits per heavy atom. The summed E-state index contributed by atoms with van der Waals surface area (Å²) in [7, 11) is 0. The van der Waals surface area contributed by atoms with Gasteiger partial charge in [0.1, 0.15) is 5.75 Å². The molecule has 0 bridgehead atoms. The van der Waals surface area contributed by atoms with Crippen LogP contribution >= 0.6 is 0 Å². The molecule has 0 saturated carbocycles. The van der Waals surface area contributed by atoms with Crippen molar-refractivity contribution < 1.29 is 9.47 Å². The standard InChI is InChI=1S/C31H48O2/c1-4-6-8-10-11-12-13-14-16-25-32-27(3)28-17-19-29(20-18-28)30-21-23-31(24-22-30)33-26-15-9-7-5-2/h17-24,27H,4-16,25-26H2,1-3H3. The molecule has 0 saturated heterocycles. The Balaban J connectivity index is 1.64. The molecule has 2 heteroatoms. The summed E-state index contributed by atoms with van der Waals surface area (Å²) in [6.45, 7) is 8.35. The molecule has 2 rings (SSSR count). The second kappa shape index (κ2) is 17.6. The third kappa shape index (κ3) is 11.8. The Bertz CT molecular complexity index is 705. The van der Waals surface area contributed by atoms with E-state index in [-0.39, 0.29) is 6.10 Å². The summed E-state index contributed by atoms with van der Waals surface area (Å²) in [5.74, 6) is 0.963. The maximum atomic E-state index is 6.09. The summed E-state index contributed by atoms with van der Waals surface area (Å²) >= 11 is 0. The maximum Gasteiger partial charge on any atom is 0.119 e. The molecule has 0 N–H and O–H groups in total. The van der Waals surface area contributed by atoms with Gasteiger partial charge < -0.3 is 9.47 Å². The summed E-state index contributed by atoms with van der Waals surface area (Å²) < 4.78 is 12.0. The van der Waals surface area contributed by atoms with E-state index >= 15 is 0 Å². The molecule has 184 valence electrons. The van der Waals surface area contributed by atoms with Gasteiger partial charge in [0.15, 0.2) is 0 Å². The molecule has 0 amide bonds. The van der Waals surface area contributed by atoms with Crippen LogP contribution in [0.25, 0.3) is 11.1 Å². The average molecular weight is 453 g/mol. The number of hydrogen-bond donors (Lipinski definition) is 0. The van der Waals surface area contributed by atoms with Crippen LogP contribution in [0.15, 0.2) is 48.5 Å². The van der Waals surface area contributed by atoms with Gasteiger partial charge in [0.05, 0.1) is 12.7 Å². The quantitative estimate of drug-likeness (QED) is 0.197. The van der Waals surface area contributed by atoms with Gasteiger partial charge in [-0.3, -0.25) is 0 Å². The van der Waals surface area contributed by atoms with E-state index in [1.165, 1.54) is 93.7 Å². The minimum absolute atomic E-state index is 0.150. The van der Waals surface area contributed by atoms with Gasteiger partial charge in [-0.1, -0.05) is 121 Å². The molecule has 0 aliphatic heterocycles. The molecule has 2 nitrogen and oxygen atoms in total. The van der Waals surface area contributed by atoms with Crippen LogP contribution in [0.1, 0.15) is 116 Å². The zero-order valence-electron chi connectivity index (χ0n) is 21.6. The van der Waals surface area contributed by atoms with Gasteiger partial charge >= 0.3 is 0 Å². The second-order valence-electron chi connectivity index (χ2n) is 9.40. The van der Waals surface area contributed by atoms with Crippen LogP contribution in [0.3, 0.4) is 0 Å². The van der Waals surface area contributed by atoms with Gasteiger partial charge in [-0.2, -0.15) is 0 Å². The molecule has 0 aliphatic carbocycles. The Morgan fingerprint density at radius 1 is 0.545 bits per heavy atom. The van der Waals surface area contributed by atoms with Crippen molar-refractivity contribution in [3.63, 3.8) is 0 Å². The lowest BCUT2D eigenvalue weighted by molar-refractivity contribution is 0.0627. The summed E-state index contributed by atoms with van der Waals surface area (Å²) in [5, 5.41) is 0. The van der Waals surface area contributed by atoms with Crippen molar-refractivity contribution >= 4 is 0 Å². The van der Waals surface area contributed by atoms with Crippen molar-refractivity contribution in [2.24, 2.45) is 0 Å². The molecule has 1 atom stereocenters. The minimum atomic E-state index is 0.150. The van der Waals surface area contributed by atoms with Gasteiger partial charge in [-0.05, 0) is 48.6 Å². The van der Waals surface area contributed by atoms with Crippen LogP contribution in [-0.2, 0) is 4.74 Å². The van der Waals surface area contributed by atoms with Crippen LogP contribution < -0.4 is 4.74 Å². The third-order valence-electron chi connectivity index (χ3n) is 6.45. The summed E-state index contributed by atoms with van der Waals surface area (Å²) in [6, 6.07) is 17.3. The molecule has 0 heterocycles. The molecule has 0 spiro atoms. The Hall–Kier alpha value is -1.80. The number of unbranched alkanes of at least 4 members (excludes halogenated alkanes) is 11. The molecular formula is C31H48O2. The fraction of sp³-hybridized carbons (Fsp3) is 0.613. The first-order valence-electron chi connectivity index (χ1n) is 13.7. The van der Waals surface area contributed by atoms with E-state index in [0.29, 0.717) is 0 Å². The molecule has 1 unspecified atom stereocenters. The van der Waals surface area contributed by atoms with Crippen LogP contribution in [0, 0.1) is 0 Å². The molecule has 0 aliphatic rings. The molecule has 2 aromatic carbocycles. The van der Waals surface area contributed by atoms with Crippen LogP contribution in [0.5, 0.6) is 5.75 Å². The first kappa shape index (κ1) is 27.4. The highest BCUT2D eigenvalue weighted by molar-refractivity contribution is 5.64. The van der Waals surface area contributed by atoms with Crippen molar-refractivity contribution in [3.05, 3.63) is 54.1 Å². The van der Waals surface area contributed by atoms with Crippen molar-refractivity contribution in [3.8, 4) is 16.9 Å². The lowest BCUT2D eigenvalue weighted by atomic mass is 10.0. The molecule has 0 aromatic heterocycles. The van der Waals surface area contributed by atoms with E-state index in [9.17, 15) is 0 Å². The lowest BCUT2D eigenvalue weighted by Gasteiger charge is -2.14. The van der Waals surface area contributed by atoms with Gasteiger partial charge in [0.2, 0.25) is 0 Å². The van der Waals surface area contributed by atoms with E-state index in [2.05, 4.69) is 69.3 Å². The van der Waals surface area contributed by atoms with Crippen molar-refractivity contribution in [2.75, 3.05) is 13.2 Å². The average Bonchev–Trinajstić information content (AvgIpc) is 2.85. The Labute approximate surface area is 204 Å². The highest BCUT2D eigenvalue weighted by atomic mass is 16.5. The zero-order valence-corrected chi connectivity index (χ0v) is 21.6. The van der Waals surface area contributed by atoms with Crippen molar-refractivity contribution in [1.82, 2.24) is 0 Å². The van der Waals surface area contributed by atoms with Crippen LogP contribution in [0.4, 0.5) is 0 Å². The van der Waals surface area contributed by atoms with E-state index < -0.39 is 0 Å². The highest BCUT2D eigenvalue weighted by Gasteiger charge is 2.07. The van der Waals surface area contributed by atoms with E-state index in [0.717, 1.165) is 25.4 Å². The predicted octanol–water partition coefficient (Wildman–Crippen LogP) is 9.92. The monoisotopic (exact) mass is 452 g/mol. The first-order chi connectivity index (χ1) is 16.2. The minimum Gasteiger partial charge on any atom is -0.494 e. The largest absolute Gasteiger partial charge is 0.494 e. The molecule has 0 radical (unpaired) electrons. The fourth-order valence-electron chi connectivity index (χ4n) is 4.18. The normalized spacial score (nSPS) is 12.1. The molecular weight excluding hydrogens is 404 g/mol. The van der Waals surface area contributed by atoms with Gasteiger partial charge in [-0.25, -0.2) is 0 Å². The molecule has 2 aromatic rings. The number of rotatable bonds is 19. The van der Waals surface area contributed by atoms with Crippen molar-refractivity contribution in [2.45, 2.75) is 110 Å². The van der Waals surface area contributed by atoms with Crippen LogP contribution in [0.2, 0.25) is 0 Å². The van der Waals surface area contributed by atoms with Gasteiger partial charge in [-0.15, -0.1) is 0 Å². The van der Waals surface area contributed by atoms with Gasteiger partial charge in [0, 0.05) is 6.61 Å². The van der Waals surface area contributed by atoms with Crippen LogP contribution in [-0.4, -0.2) is 13.2 Å². The van der Waals surface area contributed by atoms with E-state index in [1.807, 2.05) is 0 Å². The highest BCUT2D eigenvalue weighted by Crippen LogP contribution is 2.25. The fourth-order valence-corrected chi connectivity index (χ4v) is 4.18. The zero-order chi connectivity index (χ0) is 23.6. The second-order valence-corrected chi connectivity index (χ2v) is 9.40.